The molecule has 0 saturated heterocycles. The fourth-order valence-electron chi connectivity index (χ4n) is 2.98. The summed E-state index contributed by atoms with van der Waals surface area (Å²) >= 11 is 0. The quantitative estimate of drug-likeness (QED) is 0.919. The van der Waals surface area contributed by atoms with Gasteiger partial charge in [0.05, 0.1) is 7.11 Å². The van der Waals surface area contributed by atoms with E-state index in [1.165, 1.54) is 11.3 Å². The van der Waals surface area contributed by atoms with Gasteiger partial charge in [0.1, 0.15) is 5.75 Å². The number of carbonyl (C=O) groups excluding carboxylic acids is 1. The van der Waals surface area contributed by atoms with Crippen molar-refractivity contribution in [1.82, 2.24) is 0 Å². The minimum atomic E-state index is 0.0400. The molecule has 4 nitrogen and oxygen atoms in total. The predicted molar refractivity (Wildman–Crippen MR) is 93.2 cm³/mol. The number of benzene rings is 2. The zero-order valence-electron chi connectivity index (χ0n) is 13.4. The Balaban J connectivity index is 1.55. The summed E-state index contributed by atoms with van der Waals surface area (Å²) in [7, 11) is 1.63. The van der Waals surface area contributed by atoms with Crippen molar-refractivity contribution in [2.75, 3.05) is 30.4 Å². The van der Waals surface area contributed by atoms with Gasteiger partial charge in [-0.25, -0.2) is 0 Å². The van der Waals surface area contributed by atoms with Crippen LogP contribution in [0, 0.1) is 0 Å². The molecule has 120 valence electrons. The van der Waals surface area contributed by atoms with Crippen LogP contribution in [0.1, 0.15) is 18.4 Å². The number of carbonyl (C=O) groups is 1. The smallest absolute Gasteiger partial charge is 0.226 e. The molecular weight excluding hydrogens is 288 g/mol. The van der Waals surface area contributed by atoms with Gasteiger partial charge in [-0.3, -0.25) is 4.79 Å². The molecule has 1 heterocycles. The number of rotatable bonds is 5. The molecule has 1 aliphatic rings. The first-order valence-electron chi connectivity index (χ1n) is 8.03. The van der Waals surface area contributed by atoms with E-state index >= 15 is 0 Å². The van der Waals surface area contributed by atoms with Crippen LogP contribution in [0.3, 0.4) is 0 Å². The maximum atomic E-state index is 12.2. The number of para-hydroxylation sites is 1. The van der Waals surface area contributed by atoms with Gasteiger partial charge >= 0.3 is 0 Å². The predicted octanol–water partition coefficient (Wildman–Crippen LogP) is 3.48. The summed E-state index contributed by atoms with van der Waals surface area (Å²) in [4.78, 5) is 14.5. The summed E-state index contributed by atoms with van der Waals surface area (Å²) in [5.74, 6) is 0.825. The van der Waals surface area contributed by atoms with Crippen LogP contribution in [0.15, 0.2) is 48.5 Å². The van der Waals surface area contributed by atoms with Crippen LogP contribution in [0.4, 0.5) is 11.4 Å². The van der Waals surface area contributed by atoms with Crippen LogP contribution < -0.4 is 15.0 Å². The zero-order valence-corrected chi connectivity index (χ0v) is 13.4. The van der Waals surface area contributed by atoms with Crippen molar-refractivity contribution < 1.29 is 9.53 Å². The third kappa shape index (κ3) is 3.83. The Hall–Kier alpha value is -2.49. The van der Waals surface area contributed by atoms with Crippen molar-refractivity contribution in [1.29, 1.82) is 0 Å². The van der Waals surface area contributed by atoms with Crippen molar-refractivity contribution in [3.63, 3.8) is 0 Å². The number of hydrogen-bond acceptors (Lipinski definition) is 3. The minimum absolute atomic E-state index is 0.0400. The van der Waals surface area contributed by atoms with E-state index in [1.54, 1.807) is 7.11 Å². The van der Waals surface area contributed by atoms with Crippen molar-refractivity contribution in [3.05, 3.63) is 54.1 Å². The molecule has 4 heteroatoms. The molecule has 0 unspecified atom stereocenters. The second-order valence-corrected chi connectivity index (χ2v) is 5.75. The minimum Gasteiger partial charge on any atom is -0.497 e. The molecular formula is C19H22N2O2. The molecule has 0 aliphatic carbocycles. The SMILES string of the molecule is COc1ccc(NC(=O)CCN2CCCc3ccccc32)cc1. The molecule has 2 aromatic carbocycles. The van der Waals surface area contributed by atoms with Crippen LogP contribution >= 0.6 is 0 Å². The summed E-state index contributed by atoms with van der Waals surface area (Å²) in [5, 5.41) is 2.94. The lowest BCUT2D eigenvalue weighted by Crippen LogP contribution is -2.32. The van der Waals surface area contributed by atoms with Gasteiger partial charge in [-0.05, 0) is 48.7 Å². The monoisotopic (exact) mass is 310 g/mol. The fraction of sp³-hybridized carbons (Fsp3) is 0.316. The average molecular weight is 310 g/mol. The third-order valence-corrected chi connectivity index (χ3v) is 4.19. The maximum Gasteiger partial charge on any atom is 0.226 e. The topological polar surface area (TPSA) is 41.6 Å². The van der Waals surface area contributed by atoms with E-state index in [9.17, 15) is 4.79 Å². The average Bonchev–Trinajstić information content (AvgIpc) is 2.60. The van der Waals surface area contributed by atoms with E-state index in [4.69, 9.17) is 4.74 Å². The van der Waals surface area contributed by atoms with E-state index in [0.717, 1.165) is 37.4 Å². The fourth-order valence-corrected chi connectivity index (χ4v) is 2.98. The molecule has 1 amide bonds. The van der Waals surface area contributed by atoms with Gasteiger partial charge in [-0.2, -0.15) is 0 Å². The number of methoxy groups -OCH3 is 1. The van der Waals surface area contributed by atoms with Crippen LogP contribution in [-0.2, 0) is 11.2 Å². The molecule has 1 aliphatic heterocycles. The van der Waals surface area contributed by atoms with E-state index in [-0.39, 0.29) is 5.91 Å². The number of ether oxygens (including phenoxy) is 1. The molecule has 0 aromatic heterocycles. The molecule has 1 N–H and O–H groups in total. The Kier molecular flexibility index (Phi) is 4.81. The van der Waals surface area contributed by atoms with Crippen molar-refractivity contribution in [2.45, 2.75) is 19.3 Å². The number of hydrogen-bond donors (Lipinski definition) is 1. The molecule has 0 saturated carbocycles. The lowest BCUT2D eigenvalue weighted by Gasteiger charge is -2.31. The van der Waals surface area contributed by atoms with Gasteiger partial charge in [-0.1, -0.05) is 18.2 Å². The second-order valence-electron chi connectivity index (χ2n) is 5.75. The third-order valence-electron chi connectivity index (χ3n) is 4.19. The van der Waals surface area contributed by atoms with Gasteiger partial charge in [-0.15, -0.1) is 0 Å². The Bertz CT molecular complexity index is 667. The molecule has 3 rings (SSSR count). The second kappa shape index (κ2) is 7.18. The molecule has 23 heavy (non-hydrogen) atoms. The van der Waals surface area contributed by atoms with E-state index in [0.29, 0.717) is 6.42 Å². The number of nitrogens with zero attached hydrogens (tertiary/aromatic N) is 1. The maximum absolute atomic E-state index is 12.2. The highest BCUT2D eigenvalue weighted by Crippen LogP contribution is 2.26. The van der Waals surface area contributed by atoms with Gasteiger partial charge < -0.3 is 15.0 Å². The lowest BCUT2D eigenvalue weighted by atomic mass is 10.0. The summed E-state index contributed by atoms with van der Waals surface area (Å²) in [6.07, 6.45) is 2.77. The molecule has 0 spiro atoms. The Labute approximate surface area is 137 Å². The van der Waals surface area contributed by atoms with E-state index < -0.39 is 0 Å². The van der Waals surface area contributed by atoms with Gasteiger partial charge in [0.25, 0.3) is 0 Å². The summed E-state index contributed by atoms with van der Waals surface area (Å²) in [6.45, 7) is 1.77. The molecule has 2 aromatic rings. The lowest BCUT2D eigenvalue weighted by molar-refractivity contribution is -0.116. The summed E-state index contributed by atoms with van der Waals surface area (Å²) in [6, 6.07) is 15.9. The van der Waals surface area contributed by atoms with Crippen LogP contribution in [0.5, 0.6) is 5.75 Å². The molecule has 0 radical (unpaired) electrons. The number of anilines is 2. The summed E-state index contributed by atoms with van der Waals surface area (Å²) < 4.78 is 5.11. The number of fused-ring (bicyclic) bond motifs is 1. The standard InChI is InChI=1S/C19H22N2O2/c1-23-17-10-8-16(9-11-17)20-19(22)12-14-21-13-4-6-15-5-2-3-7-18(15)21/h2-3,5,7-11H,4,6,12-14H2,1H3,(H,20,22). The zero-order chi connectivity index (χ0) is 16.1. The van der Waals surface area contributed by atoms with Crippen molar-refractivity contribution in [2.24, 2.45) is 0 Å². The first kappa shape index (κ1) is 15.4. The number of aryl methyl sites for hydroxylation is 1. The molecule has 0 atom stereocenters. The Morgan fingerprint density at radius 1 is 1.17 bits per heavy atom. The van der Waals surface area contributed by atoms with E-state index in [2.05, 4.69) is 34.5 Å². The Morgan fingerprint density at radius 2 is 1.96 bits per heavy atom. The number of nitrogens with one attached hydrogen (secondary N) is 1. The van der Waals surface area contributed by atoms with Crippen LogP contribution in [0.25, 0.3) is 0 Å². The van der Waals surface area contributed by atoms with Crippen LogP contribution in [-0.4, -0.2) is 26.1 Å². The highest BCUT2D eigenvalue weighted by atomic mass is 16.5. The van der Waals surface area contributed by atoms with E-state index in [1.807, 2.05) is 24.3 Å². The van der Waals surface area contributed by atoms with Gasteiger partial charge in [0.15, 0.2) is 0 Å². The molecule has 0 fully saturated rings. The summed E-state index contributed by atoms with van der Waals surface area (Å²) in [5.41, 5.74) is 3.46. The first-order chi connectivity index (χ1) is 11.3. The first-order valence-corrected chi connectivity index (χ1v) is 8.03. The molecule has 0 bridgehead atoms. The highest BCUT2D eigenvalue weighted by molar-refractivity contribution is 5.91. The van der Waals surface area contributed by atoms with Crippen molar-refractivity contribution >= 4 is 17.3 Å². The van der Waals surface area contributed by atoms with Gasteiger partial charge in [0.2, 0.25) is 5.91 Å². The highest BCUT2D eigenvalue weighted by Gasteiger charge is 2.16. The normalized spacial score (nSPS) is 13.3. The van der Waals surface area contributed by atoms with Crippen molar-refractivity contribution in [3.8, 4) is 5.75 Å². The largest absolute Gasteiger partial charge is 0.497 e. The van der Waals surface area contributed by atoms with Gasteiger partial charge in [0, 0.05) is 30.9 Å². The van der Waals surface area contributed by atoms with Crippen LogP contribution in [0.2, 0.25) is 0 Å². The Morgan fingerprint density at radius 3 is 2.74 bits per heavy atom. The number of amides is 1.